The van der Waals surface area contributed by atoms with Gasteiger partial charge in [0.05, 0.1) is 5.41 Å². The van der Waals surface area contributed by atoms with Gasteiger partial charge in [0, 0.05) is 6.54 Å². The van der Waals surface area contributed by atoms with E-state index in [9.17, 15) is 9.59 Å². The van der Waals surface area contributed by atoms with Crippen LogP contribution >= 0.6 is 0 Å². The van der Waals surface area contributed by atoms with Crippen molar-refractivity contribution in [2.75, 3.05) is 6.54 Å². The minimum atomic E-state index is -0.603. The van der Waals surface area contributed by atoms with Crippen LogP contribution in [0.15, 0.2) is 25.3 Å². The van der Waals surface area contributed by atoms with Gasteiger partial charge in [-0.05, 0) is 46.5 Å². The van der Waals surface area contributed by atoms with Crippen molar-refractivity contribution in [3.8, 4) is 0 Å². The Balaban J connectivity index is 2.94. The van der Waals surface area contributed by atoms with E-state index in [2.05, 4.69) is 13.2 Å². The summed E-state index contributed by atoms with van der Waals surface area (Å²) in [5.41, 5.74) is -1.19. The highest BCUT2D eigenvalue weighted by molar-refractivity contribution is 5.96. The molecule has 1 aliphatic heterocycles. The van der Waals surface area contributed by atoms with Crippen LogP contribution in [0.4, 0.5) is 4.79 Å². The van der Waals surface area contributed by atoms with Gasteiger partial charge in [-0.3, -0.25) is 4.79 Å². The van der Waals surface area contributed by atoms with Gasteiger partial charge >= 0.3 is 6.09 Å². The van der Waals surface area contributed by atoms with Crippen molar-refractivity contribution in [3.63, 3.8) is 0 Å². The summed E-state index contributed by atoms with van der Waals surface area (Å²) in [6.07, 6.45) is 5.56. The number of carbonyl (C=O) groups excluding carboxylic acids is 2. The molecule has 0 aromatic rings. The lowest BCUT2D eigenvalue weighted by molar-refractivity contribution is -0.144. The number of hydrogen-bond donors (Lipinski definition) is 0. The molecule has 1 aliphatic rings. The van der Waals surface area contributed by atoms with Crippen LogP contribution in [0.5, 0.6) is 0 Å². The minimum Gasteiger partial charge on any atom is -0.443 e. The molecular weight excluding hydrogens is 254 g/mol. The first kappa shape index (κ1) is 16.5. The zero-order valence-corrected chi connectivity index (χ0v) is 12.8. The van der Waals surface area contributed by atoms with Crippen LogP contribution in [0, 0.1) is 5.41 Å². The van der Waals surface area contributed by atoms with Gasteiger partial charge in [-0.15, -0.1) is 13.2 Å². The van der Waals surface area contributed by atoms with Gasteiger partial charge in [-0.2, -0.15) is 0 Å². The largest absolute Gasteiger partial charge is 0.443 e. The highest BCUT2D eigenvalue weighted by Crippen LogP contribution is 2.39. The molecular formula is C16H25NO3. The molecule has 0 aromatic carbocycles. The molecule has 0 bridgehead atoms. The third-order valence-electron chi connectivity index (χ3n) is 3.42. The summed E-state index contributed by atoms with van der Waals surface area (Å²) >= 11 is 0. The summed E-state index contributed by atoms with van der Waals surface area (Å²) in [7, 11) is 0. The van der Waals surface area contributed by atoms with Crippen LogP contribution < -0.4 is 0 Å². The van der Waals surface area contributed by atoms with E-state index in [1.165, 1.54) is 4.90 Å². The van der Waals surface area contributed by atoms with E-state index in [1.54, 1.807) is 32.9 Å². The molecule has 1 rings (SSSR count). The topological polar surface area (TPSA) is 46.6 Å². The smallest absolute Gasteiger partial charge is 0.417 e. The van der Waals surface area contributed by atoms with Crippen LogP contribution in [-0.2, 0) is 9.53 Å². The van der Waals surface area contributed by atoms with Gasteiger partial charge in [0.15, 0.2) is 0 Å². The van der Waals surface area contributed by atoms with Crippen molar-refractivity contribution in [1.29, 1.82) is 0 Å². The van der Waals surface area contributed by atoms with Crippen molar-refractivity contribution in [3.05, 3.63) is 25.3 Å². The molecule has 0 unspecified atom stereocenters. The van der Waals surface area contributed by atoms with Gasteiger partial charge < -0.3 is 4.74 Å². The fourth-order valence-electron chi connectivity index (χ4n) is 2.58. The highest BCUT2D eigenvalue weighted by Gasteiger charge is 2.45. The quantitative estimate of drug-likeness (QED) is 0.737. The number of amides is 2. The van der Waals surface area contributed by atoms with E-state index in [-0.39, 0.29) is 5.91 Å². The Labute approximate surface area is 121 Å². The zero-order chi connectivity index (χ0) is 15.4. The monoisotopic (exact) mass is 279 g/mol. The van der Waals surface area contributed by atoms with Crippen LogP contribution in [0.2, 0.25) is 0 Å². The lowest BCUT2D eigenvalue weighted by Crippen LogP contribution is -2.52. The molecule has 1 fully saturated rings. The van der Waals surface area contributed by atoms with Crippen molar-refractivity contribution in [2.24, 2.45) is 5.41 Å². The van der Waals surface area contributed by atoms with Gasteiger partial charge in [0.2, 0.25) is 5.91 Å². The number of likely N-dealkylation sites (tertiary alicyclic amines) is 1. The van der Waals surface area contributed by atoms with Crippen molar-refractivity contribution < 1.29 is 14.3 Å². The number of allylic oxidation sites excluding steroid dienone is 2. The first-order chi connectivity index (χ1) is 9.25. The molecule has 1 heterocycles. The second-order valence-electron chi connectivity index (χ2n) is 6.31. The molecule has 20 heavy (non-hydrogen) atoms. The van der Waals surface area contributed by atoms with Gasteiger partial charge in [-0.1, -0.05) is 12.2 Å². The van der Waals surface area contributed by atoms with E-state index in [0.717, 1.165) is 12.8 Å². The predicted molar refractivity (Wildman–Crippen MR) is 79.2 cm³/mol. The number of rotatable bonds is 4. The Morgan fingerprint density at radius 3 is 2.35 bits per heavy atom. The van der Waals surface area contributed by atoms with E-state index in [4.69, 9.17) is 4.74 Å². The fourth-order valence-corrected chi connectivity index (χ4v) is 2.58. The molecule has 4 heteroatoms. The Bertz CT molecular complexity index is 396. The molecule has 1 saturated heterocycles. The number of nitrogens with zero attached hydrogens (tertiary/aromatic N) is 1. The fraction of sp³-hybridized carbons (Fsp3) is 0.625. The van der Waals surface area contributed by atoms with Gasteiger partial charge in [0.1, 0.15) is 5.60 Å². The van der Waals surface area contributed by atoms with E-state index < -0.39 is 17.1 Å². The lowest BCUT2D eigenvalue weighted by Gasteiger charge is -2.40. The molecule has 112 valence electrons. The zero-order valence-electron chi connectivity index (χ0n) is 12.8. The SMILES string of the molecule is C=CCC1(CC=C)CCCN(C(=O)OC(C)(C)C)C1=O. The molecule has 0 atom stereocenters. The van der Waals surface area contributed by atoms with Crippen LogP contribution in [0.1, 0.15) is 46.5 Å². The maximum Gasteiger partial charge on any atom is 0.417 e. The number of imide groups is 1. The summed E-state index contributed by atoms with van der Waals surface area (Å²) in [4.78, 5) is 26.1. The number of carbonyl (C=O) groups is 2. The number of ether oxygens (including phenoxy) is 1. The lowest BCUT2D eigenvalue weighted by atomic mass is 9.74. The minimum absolute atomic E-state index is 0.169. The van der Waals surface area contributed by atoms with Crippen LogP contribution in [0.3, 0.4) is 0 Å². The number of hydrogen-bond acceptors (Lipinski definition) is 3. The van der Waals surface area contributed by atoms with Crippen molar-refractivity contribution in [2.45, 2.75) is 52.1 Å². The molecule has 0 N–H and O–H groups in total. The summed E-state index contributed by atoms with van der Waals surface area (Å²) < 4.78 is 5.31. The molecule has 0 saturated carbocycles. The maximum absolute atomic E-state index is 12.7. The van der Waals surface area contributed by atoms with Crippen molar-refractivity contribution >= 4 is 12.0 Å². The average Bonchev–Trinajstić information content (AvgIpc) is 2.31. The van der Waals surface area contributed by atoms with Crippen molar-refractivity contribution in [1.82, 2.24) is 4.90 Å². The Hall–Kier alpha value is -1.58. The molecule has 0 spiro atoms. The molecule has 0 aliphatic carbocycles. The third-order valence-corrected chi connectivity index (χ3v) is 3.42. The Kier molecular flexibility index (Phi) is 5.15. The summed E-state index contributed by atoms with van der Waals surface area (Å²) in [6, 6.07) is 0. The molecule has 2 amide bonds. The molecule has 0 radical (unpaired) electrons. The third kappa shape index (κ3) is 3.71. The maximum atomic E-state index is 12.7. The summed E-state index contributed by atoms with van der Waals surface area (Å²) in [6.45, 7) is 13.2. The Morgan fingerprint density at radius 2 is 1.90 bits per heavy atom. The molecule has 0 aromatic heterocycles. The van der Waals surface area contributed by atoms with Crippen LogP contribution in [0.25, 0.3) is 0 Å². The Morgan fingerprint density at radius 1 is 1.35 bits per heavy atom. The standard InChI is InChI=1S/C16H25NO3/c1-6-9-16(10-7-2)11-8-12-17(13(16)18)14(19)20-15(3,4)5/h6-7H,1-2,8-12H2,3-5H3. The van der Waals surface area contributed by atoms with E-state index in [1.807, 2.05) is 0 Å². The highest BCUT2D eigenvalue weighted by atomic mass is 16.6. The normalized spacial score (nSPS) is 18.6. The van der Waals surface area contributed by atoms with Gasteiger partial charge in [0.25, 0.3) is 0 Å². The molecule has 4 nitrogen and oxygen atoms in total. The average molecular weight is 279 g/mol. The van der Waals surface area contributed by atoms with E-state index >= 15 is 0 Å². The van der Waals surface area contributed by atoms with Gasteiger partial charge in [-0.25, -0.2) is 9.69 Å². The second kappa shape index (κ2) is 6.25. The van der Waals surface area contributed by atoms with Crippen LogP contribution in [-0.4, -0.2) is 29.0 Å². The first-order valence-corrected chi connectivity index (χ1v) is 7.02. The summed E-state index contributed by atoms with van der Waals surface area (Å²) in [5, 5.41) is 0. The number of piperidine rings is 1. The first-order valence-electron chi connectivity index (χ1n) is 7.02. The summed E-state index contributed by atoms with van der Waals surface area (Å²) in [5.74, 6) is -0.169. The van der Waals surface area contributed by atoms with E-state index in [0.29, 0.717) is 19.4 Å². The second-order valence-corrected chi connectivity index (χ2v) is 6.31. The predicted octanol–water partition coefficient (Wildman–Crippen LogP) is 3.68.